The van der Waals surface area contributed by atoms with Crippen molar-refractivity contribution in [1.82, 2.24) is 20.2 Å². The number of aliphatic imine (C=N–C) groups is 1. The van der Waals surface area contributed by atoms with Crippen molar-refractivity contribution >= 4 is 24.1 Å². The van der Waals surface area contributed by atoms with E-state index in [4.69, 9.17) is 4.74 Å². The Morgan fingerprint density at radius 3 is 2.58 bits per heavy atom. The molecule has 1 amide bonds. The van der Waals surface area contributed by atoms with Crippen molar-refractivity contribution in [2.75, 3.05) is 19.5 Å². The fraction of sp³-hybridized carbons (Fsp3) is 0.520. The SMILES string of the molecule is C=NN1C(NC)=CC(Nc2cccn([C@H]3CC[C@@H](OC)CC3)c2=O)=N/C1=C(/C)C(=O)N[C@H]1CC[C@@H]1O. The van der Waals surface area contributed by atoms with Gasteiger partial charge in [-0.2, -0.15) is 10.1 Å². The molecule has 11 nitrogen and oxygen atoms in total. The highest BCUT2D eigenvalue weighted by Crippen LogP contribution is 2.29. The summed E-state index contributed by atoms with van der Waals surface area (Å²) in [4.78, 5) is 30.8. The number of aliphatic hydroxyl groups excluding tert-OH is 1. The first-order valence-corrected chi connectivity index (χ1v) is 12.3. The minimum Gasteiger partial charge on any atom is -0.391 e. The van der Waals surface area contributed by atoms with E-state index < -0.39 is 6.10 Å². The second-order valence-corrected chi connectivity index (χ2v) is 9.33. The Bertz CT molecular complexity index is 1150. The number of anilines is 1. The Hall–Kier alpha value is -3.44. The minimum absolute atomic E-state index is 0.117. The van der Waals surface area contributed by atoms with Crippen LogP contribution in [0.1, 0.15) is 51.5 Å². The molecule has 11 heteroatoms. The number of hydrazone groups is 1. The van der Waals surface area contributed by atoms with Crippen LogP contribution in [0.5, 0.6) is 0 Å². The molecule has 0 bridgehead atoms. The number of nitrogens with zero attached hydrogens (tertiary/aromatic N) is 4. The molecule has 0 aromatic carbocycles. The minimum atomic E-state index is -0.537. The molecule has 0 spiro atoms. The van der Waals surface area contributed by atoms with E-state index in [9.17, 15) is 14.7 Å². The number of aromatic nitrogens is 1. The van der Waals surface area contributed by atoms with E-state index in [0.717, 1.165) is 32.1 Å². The number of carbonyl (C=O) groups excluding carboxylic acids is 1. The number of methoxy groups -OCH3 is 1. The predicted molar refractivity (Wildman–Crippen MR) is 138 cm³/mol. The second kappa shape index (κ2) is 11.1. The van der Waals surface area contributed by atoms with Crippen molar-refractivity contribution in [1.29, 1.82) is 0 Å². The van der Waals surface area contributed by atoms with Gasteiger partial charge < -0.3 is 30.4 Å². The number of pyridine rings is 1. The van der Waals surface area contributed by atoms with Crippen LogP contribution in [0.3, 0.4) is 0 Å². The smallest absolute Gasteiger partial charge is 0.274 e. The van der Waals surface area contributed by atoms with Crippen LogP contribution in [-0.2, 0) is 9.53 Å². The lowest BCUT2D eigenvalue weighted by Crippen LogP contribution is -2.50. The molecular weight excluding hydrogens is 462 g/mol. The fourth-order valence-electron chi connectivity index (χ4n) is 4.75. The number of amides is 1. The molecule has 4 rings (SSSR count). The number of carbonyl (C=O) groups is 1. The van der Waals surface area contributed by atoms with E-state index >= 15 is 0 Å². The quantitative estimate of drug-likeness (QED) is 0.333. The highest BCUT2D eigenvalue weighted by Gasteiger charge is 2.32. The molecule has 0 unspecified atom stereocenters. The molecule has 2 fully saturated rings. The molecule has 3 aliphatic rings. The summed E-state index contributed by atoms with van der Waals surface area (Å²) in [7, 11) is 3.45. The molecule has 2 heterocycles. The van der Waals surface area contributed by atoms with E-state index in [0.29, 0.717) is 29.3 Å². The number of aliphatic hydroxyl groups is 1. The van der Waals surface area contributed by atoms with Gasteiger partial charge in [-0.15, -0.1) is 0 Å². The molecular formula is C25H35N7O4. The molecule has 0 saturated heterocycles. The first-order chi connectivity index (χ1) is 17.4. The van der Waals surface area contributed by atoms with E-state index in [2.05, 4.69) is 32.8 Å². The van der Waals surface area contributed by atoms with E-state index in [-0.39, 0.29) is 35.5 Å². The zero-order valence-corrected chi connectivity index (χ0v) is 21.0. The summed E-state index contributed by atoms with van der Waals surface area (Å²) in [5.74, 6) is 0.821. The maximum absolute atomic E-state index is 13.3. The summed E-state index contributed by atoms with van der Waals surface area (Å²) in [6.07, 6.45) is 8.22. The van der Waals surface area contributed by atoms with Crippen molar-refractivity contribution in [3.63, 3.8) is 0 Å². The van der Waals surface area contributed by atoms with Crippen molar-refractivity contribution < 1.29 is 14.6 Å². The number of hydrogen-bond acceptors (Lipinski definition) is 9. The molecule has 4 N–H and O–H groups in total. The normalized spacial score (nSPS) is 27.3. The lowest BCUT2D eigenvalue weighted by Gasteiger charge is -2.33. The third-order valence-corrected chi connectivity index (χ3v) is 7.16. The molecule has 2 aliphatic carbocycles. The topological polar surface area (TPSA) is 133 Å². The summed E-state index contributed by atoms with van der Waals surface area (Å²) >= 11 is 0. The Balaban J connectivity index is 1.60. The van der Waals surface area contributed by atoms with Crippen molar-refractivity contribution in [3.05, 3.63) is 52.0 Å². The lowest BCUT2D eigenvalue weighted by molar-refractivity contribution is -0.120. The van der Waals surface area contributed by atoms with Gasteiger partial charge in [0.15, 0.2) is 5.82 Å². The number of nitrogens with one attached hydrogen (secondary N) is 3. The van der Waals surface area contributed by atoms with Gasteiger partial charge in [0, 0.05) is 39.2 Å². The average Bonchev–Trinajstić information content (AvgIpc) is 2.90. The summed E-state index contributed by atoms with van der Waals surface area (Å²) in [5.41, 5.74) is 0.557. The van der Waals surface area contributed by atoms with E-state index in [1.807, 2.05) is 12.3 Å². The van der Waals surface area contributed by atoms with Crippen LogP contribution in [0.2, 0.25) is 0 Å². The monoisotopic (exact) mass is 497 g/mol. The number of hydrogen-bond donors (Lipinski definition) is 4. The fourth-order valence-corrected chi connectivity index (χ4v) is 4.75. The van der Waals surface area contributed by atoms with Gasteiger partial charge in [-0.05, 0) is 57.6 Å². The van der Waals surface area contributed by atoms with Crippen LogP contribution in [0, 0.1) is 0 Å². The Kier molecular flexibility index (Phi) is 7.90. The van der Waals surface area contributed by atoms with Gasteiger partial charge >= 0.3 is 0 Å². The Morgan fingerprint density at radius 2 is 2.00 bits per heavy atom. The van der Waals surface area contributed by atoms with Gasteiger partial charge in [0.05, 0.1) is 23.8 Å². The highest BCUT2D eigenvalue weighted by molar-refractivity contribution is 6.06. The van der Waals surface area contributed by atoms with Crippen LogP contribution >= 0.6 is 0 Å². The van der Waals surface area contributed by atoms with Crippen molar-refractivity contribution in [2.45, 2.75) is 69.7 Å². The van der Waals surface area contributed by atoms with Crippen molar-refractivity contribution in [3.8, 4) is 0 Å². The Morgan fingerprint density at radius 1 is 1.25 bits per heavy atom. The summed E-state index contributed by atoms with van der Waals surface area (Å²) in [6, 6.07) is 3.40. The maximum atomic E-state index is 13.3. The molecule has 1 aromatic rings. The number of amidine groups is 1. The van der Waals surface area contributed by atoms with Crippen LogP contribution in [0.4, 0.5) is 5.69 Å². The molecule has 194 valence electrons. The van der Waals surface area contributed by atoms with E-state index in [1.54, 1.807) is 37.8 Å². The molecule has 36 heavy (non-hydrogen) atoms. The standard InChI is InChI=1S/C25H35N7O4/c1-15(24(34)29-18-11-12-20(18)33)23-30-21(14-22(26-2)32(23)27-3)28-19-6-5-13-31(25(19)35)16-7-9-17(36-4)10-8-16/h5-6,13-14,16-18,20,26,33H,3,7-12H2,1-2,4H3,(H,28,30)(H,29,34)/b23-15+/t16-,17+,18-,20-/m0/s1. The zero-order chi connectivity index (χ0) is 25.8. The van der Waals surface area contributed by atoms with Crippen LogP contribution in [0.25, 0.3) is 0 Å². The third kappa shape index (κ3) is 5.21. The first kappa shape index (κ1) is 25.6. The maximum Gasteiger partial charge on any atom is 0.274 e. The summed E-state index contributed by atoms with van der Waals surface area (Å²) in [5, 5.41) is 24.3. The van der Waals surface area contributed by atoms with Gasteiger partial charge in [-0.1, -0.05) is 0 Å². The summed E-state index contributed by atoms with van der Waals surface area (Å²) < 4.78 is 7.24. The molecule has 0 radical (unpaired) electrons. The second-order valence-electron chi connectivity index (χ2n) is 9.33. The summed E-state index contributed by atoms with van der Waals surface area (Å²) in [6.45, 7) is 5.25. The number of ether oxygens (including phenoxy) is 1. The molecule has 2 saturated carbocycles. The third-order valence-electron chi connectivity index (χ3n) is 7.16. The van der Waals surface area contributed by atoms with Gasteiger partial charge in [-0.25, -0.2) is 4.99 Å². The van der Waals surface area contributed by atoms with Crippen LogP contribution in [0.15, 0.2) is 56.5 Å². The number of rotatable bonds is 7. The average molecular weight is 498 g/mol. The predicted octanol–water partition coefficient (Wildman–Crippen LogP) is 1.65. The Labute approximate surface area is 210 Å². The van der Waals surface area contributed by atoms with Crippen molar-refractivity contribution in [2.24, 2.45) is 10.1 Å². The van der Waals surface area contributed by atoms with Gasteiger partial charge in [0.25, 0.3) is 11.5 Å². The molecule has 2 atom stereocenters. The van der Waals surface area contributed by atoms with Gasteiger partial charge in [0.2, 0.25) is 0 Å². The molecule has 1 aliphatic heterocycles. The van der Waals surface area contributed by atoms with E-state index in [1.165, 1.54) is 5.01 Å². The van der Waals surface area contributed by atoms with Gasteiger partial charge in [-0.3, -0.25) is 9.59 Å². The first-order valence-electron chi connectivity index (χ1n) is 12.3. The molecule has 1 aromatic heterocycles. The zero-order valence-electron chi connectivity index (χ0n) is 21.0. The lowest BCUT2D eigenvalue weighted by atomic mass is 9.89. The highest BCUT2D eigenvalue weighted by atomic mass is 16.5. The van der Waals surface area contributed by atoms with Gasteiger partial charge in [0.1, 0.15) is 17.3 Å². The largest absolute Gasteiger partial charge is 0.391 e. The van der Waals surface area contributed by atoms with Crippen LogP contribution in [-0.4, -0.2) is 65.6 Å². The van der Waals surface area contributed by atoms with Crippen LogP contribution < -0.4 is 21.5 Å².